The number of aromatic nitrogens is 4. The number of nitrogens with zero attached hydrogens (tertiary/aromatic N) is 4. The second-order valence-electron chi connectivity index (χ2n) is 3.46. The first-order chi connectivity index (χ1) is 8.13. The van der Waals surface area contributed by atoms with Crippen molar-refractivity contribution < 1.29 is 4.79 Å². The van der Waals surface area contributed by atoms with Gasteiger partial charge in [0.2, 0.25) is 0 Å². The molecule has 2 rings (SSSR count). The van der Waals surface area contributed by atoms with E-state index in [-0.39, 0.29) is 0 Å². The second kappa shape index (κ2) is 4.20. The molecule has 2 aromatic heterocycles. The molecule has 3 N–H and O–H groups in total. The first-order valence-electron chi connectivity index (χ1n) is 4.97. The predicted octanol–water partition coefficient (Wildman–Crippen LogP) is 0.111. The van der Waals surface area contributed by atoms with Gasteiger partial charge >= 0.3 is 0 Å². The monoisotopic (exact) mass is 232 g/mol. The average Bonchev–Trinajstić information content (AvgIpc) is 2.78. The minimum Gasteiger partial charge on any atom is -0.373 e. The van der Waals surface area contributed by atoms with E-state index in [0.29, 0.717) is 17.2 Å². The average molecular weight is 232 g/mol. The van der Waals surface area contributed by atoms with Gasteiger partial charge in [-0.1, -0.05) is 0 Å². The highest BCUT2D eigenvalue weighted by Gasteiger charge is 2.10. The zero-order valence-corrected chi connectivity index (χ0v) is 9.51. The van der Waals surface area contributed by atoms with Crippen LogP contribution in [-0.4, -0.2) is 32.7 Å². The van der Waals surface area contributed by atoms with Crippen molar-refractivity contribution in [2.24, 2.45) is 5.73 Å². The molecule has 0 aromatic carbocycles. The van der Waals surface area contributed by atoms with Gasteiger partial charge in [0, 0.05) is 18.8 Å². The fourth-order valence-electron chi connectivity index (χ4n) is 1.49. The van der Waals surface area contributed by atoms with Crippen LogP contribution in [0.4, 0.5) is 5.82 Å². The van der Waals surface area contributed by atoms with E-state index in [0.717, 1.165) is 5.56 Å². The van der Waals surface area contributed by atoms with Crippen LogP contribution in [0.25, 0.3) is 5.82 Å². The molecule has 0 unspecified atom stereocenters. The molecule has 0 atom stereocenters. The van der Waals surface area contributed by atoms with E-state index in [1.54, 1.807) is 7.05 Å². The van der Waals surface area contributed by atoms with Gasteiger partial charge in [-0.2, -0.15) is 5.10 Å². The fourth-order valence-corrected chi connectivity index (χ4v) is 1.49. The van der Waals surface area contributed by atoms with E-state index >= 15 is 0 Å². The summed E-state index contributed by atoms with van der Waals surface area (Å²) in [5.74, 6) is 0.805. The van der Waals surface area contributed by atoms with Crippen molar-refractivity contribution in [3.63, 3.8) is 0 Å². The summed E-state index contributed by atoms with van der Waals surface area (Å²) >= 11 is 0. The summed E-state index contributed by atoms with van der Waals surface area (Å²) in [5, 5.41) is 6.99. The molecule has 0 saturated carbocycles. The number of anilines is 1. The quantitative estimate of drug-likeness (QED) is 0.782. The third kappa shape index (κ3) is 1.94. The van der Waals surface area contributed by atoms with E-state index < -0.39 is 5.91 Å². The normalized spacial score (nSPS) is 10.2. The Morgan fingerprint density at radius 2 is 2.24 bits per heavy atom. The maximum atomic E-state index is 11.0. The number of amides is 1. The molecule has 0 aliphatic carbocycles. The standard InChI is InChI=1S/C10H12N6O/c1-6-9(12-2)13-5-14-10(6)16-4-7(3-15-16)8(11)17/h3-5H,1-2H3,(H2,11,17)(H,12,13,14). The summed E-state index contributed by atoms with van der Waals surface area (Å²) in [7, 11) is 1.77. The molecule has 0 fully saturated rings. The van der Waals surface area contributed by atoms with Crippen LogP contribution in [-0.2, 0) is 0 Å². The van der Waals surface area contributed by atoms with Crippen molar-refractivity contribution in [1.82, 2.24) is 19.7 Å². The number of carbonyl (C=O) groups excluding carboxylic acids is 1. The smallest absolute Gasteiger partial charge is 0.251 e. The number of hydrogen-bond acceptors (Lipinski definition) is 5. The van der Waals surface area contributed by atoms with Crippen LogP contribution in [0.15, 0.2) is 18.7 Å². The van der Waals surface area contributed by atoms with Crippen LogP contribution in [0.2, 0.25) is 0 Å². The van der Waals surface area contributed by atoms with E-state index in [4.69, 9.17) is 5.73 Å². The highest BCUT2D eigenvalue weighted by atomic mass is 16.1. The van der Waals surface area contributed by atoms with Crippen molar-refractivity contribution in [2.75, 3.05) is 12.4 Å². The lowest BCUT2D eigenvalue weighted by Gasteiger charge is -2.07. The topological polar surface area (TPSA) is 98.7 Å². The zero-order valence-electron chi connectivity index (χ0n) is 9.51. The van der Waals surface area contributed by atoms with Gasteiger partial charge < -0.3 is 11.1 Å². The Balaban J connectivity index is 2.49. The molecule has 0 spiro atoms. The van der Waals surface area contributed by atoms with Gasteiger partial charge in [-0.05, 0) is 6.92 Å². The van der Waals surface area contributed by atoms with Crippen LogP contribution < -0.4 is 11.1 Å². The van der Waals surface area contributed by atoms with Gasteiger partial charge in [0.15, 0.2) is 5.82 Å². The number of nitrogens with two attached hydrogens (primary N) is 1. The molecular weight excluding hydrogens is 220 g/mol. The van der Waals surface area contributed by atoms with Crippen LogP contribution in [0.5, 0.6) is 0 Å². The van der Waals surface area contributed by atoms with E-state index in [9.17, 15) is 4.79 Å². The maximum Gasteiger partial charge on any atom is 0.251 e. The van der Waals surface area contributed by atoms with Crippen LogP contribution in [0.1, 0.15) is 15.9 Å². The van der Waals surface area contributed by atoms with Gasteiger partial charge in [-0.25, -0.2) is 14.6 Å². The summed E-state index contributed by atoms with van der Waals surface area (Å²) in [6.45, 7) is 1.87. The Bertz CT molecular complexity index is 562. The fraction of sp³-hybridized carbons (Fsp3) is 0.200. The molecule has 7 nitrogen and oxygen atoms in total. The molecule has 88 valence electrons. The third-order valence-electron chi connectivity index (χ3n) is 2.38. The van der Waals surface area contributed by atoms with Crippen molar-refractivity contribution in [2.45, 2.75) is 6.92 Å². The highest BCUT2D eigenvalue weighted by Crippen LogP contribution is 2.16. The summed E-state index contributed by atoms with van der Waals surface area (Å²) in [6, 6.07) is 0. The summed E-state index contributed by atoms with van der Waals surface area (Å²) < 4.78 is 1.50. The number of hydrogen-bond donors (Lipinski definition) is 2. The number of nitrogens with one attached hydrogen (secondary N) is 1. The Labute approximate surface area is 97.7 Å². The van der Waals surface area contributed by atoms with E-state index in [1.165, 1.54) is 23.4 Å². The largest absolute Gasteiger partial charge is 0.373 e. The minimum absolute atomic E-state index is 0.342. The lowest BCUT2D eigenvalue weighted by atomic mass is 10.3. The predicted molar refractivity (Wildman–Crippen MR) is 62.0 cm³/mol. The highest BCUT2D eigenvalue weighted by molar-refractivity contribution is 5.92. The molecule has 1 amide bonds. The SMILES string of the molecule is CNc1ncnc(-n2cc(C(N)=O)cn2)c1C. The number of primary amides is 1. The molecule has 0 aliphatic heterocycles. The molecule has 2 heterocycles. The summed E-state index contributed by atoms with van der Waals surface area (Å²) in [6.07, 6.45) is 4.37. The number of rotatable bonds is 3. The minimum atomic E-state index is -0.517. The molecule has 0 radical (unpaired) electrons. The lowest BCUT2D eigenvalue weighted by Crippen LogP contribution is -2.10. The van der Waals surface area contributed by atoms with Crippen molar-refractivity contribution in [3.05, 3.63) is 29.8 Å². The summed E-state index contributed by atoms with van der Waals surface area (Å²) in [4.78, 5) is 19.2. The second-order valence-corrected chi connectivity index (χ2v) is 3.46. The maximum absolute atomic E-state index is 11.0. The molecule has 0 saturated heterocycles. The van der Waals surface area contributed by atoms with Crippen LogP contribution >= 0.6 is 0 Å². The lowest BCUT2D eigenvalue weighted by molar-refractivity contribution is 0.100. The Hall–Kier alpha value is -2.44. The Morgan fingerprint density at radius 3 is 2.82 bits per heavy atom. The van der Waals surface area contributed by atoms with Crippen molar-refractivity contribution in [1.29, 1.82) is 0 Å². The molecule has 0 bridgehead atoms. The first kappa shape index (κ1) is 11.1. The molecular formula is C10H12N6O. The van der Waals surface area contributed by atoms with Crippen LogP contribution in [0, 0.1) is 6.92 Å². The molecule has 0 aliphatic rings. The van der Waals surface area contributed by atoms with Crippen molar-refractivity contribution >= 4 is 11.7 Å². The van der Waals surface area contributed by atoms with Gasteiger partial charge in [-0.3, -0.25) is 4.79 Å². The third-order valence-corrected chi connectivity index (χ3v) is 2.38. The van der Waals surface area contributed by atoms with Gasteiger partial charge in [0.05, 0.1) is 11.8 Å². The summed E-state index contributed by atoms with van der Waals surface area (Å²) in [5.41, 5.74) is 6.35. The zero-order chi connectivity index (χ0) is 12.4. The first-order valence-corrected chi connectivity index (χ1v) is 4.97. The molecule has 7 heteroatoms. The van der Waals surface area contributed by atoms with Gasteiger partial charge in [-0.15, -0.1) is 0 Å². The van der Waals surface area contributed by atoms with Crippen LogP contribution in [0.3, 0.4) is 0 Å². The molecule has 2 aromatic rings. The Morgan fingerprint density at radius 1 is 1.47 bits per heavy atom. The van der Waals surface area contributed by atoms with E-state index in [1.807, 2.05) is 6.92 Å². The molecule has 17 heavy (non-hydrogen) atoms. The van der Waals surface area contributed by atoms with Crippen molar-refractivity contribution in [3.8, 4) is 5.82 Å². The van der Waals surface area contributed by atoms with Gasteiger partial charge in [0.1, 0.15) is 12.1 Å². The van der Waals surface area contributed by atoms with Gasteiger partial charge in [0.25, 0.3) is 5.91 Å². The number of carbonyl (C=O) groups is 1. The Kier molecular flexibility index (Phi) is 2.73. The van der Waals surface area contributed by atoms with E-state index in [2.05, 4.69) is 20.4 Å².